The van der Waals surface area contributed by atoms with Crippen molar-refractivity contribution in [3.63, 3.8) is 0 Å². The van der Waals surface area contributed by atoms with E-state index in [1.54, 1.807) is 6.92 Å². The van der Waals surface area contributed by atoms with E-state index in [9.17, 15) is 14.7 Å². The van der Waals surface area contributed by atoms with Crippen LogP contribution < -0.4 is 5.32 Å². The Morgan fingerprint density at radius 2 is 1.96 bits per heavy atom. The van der Waals surface area contributed by atoms with Crippen LogP contribution >= 0.6 is 0 Å². The van der Waals surface area contributed by atoms with Crippen molar-refractivity contribution in [2.45, 2.75) is 44.9 Å². The third-order valence-electron chi connectivity index (χ3n) is 3.93. The summed E-state index contributed by atoms with van der Waals surface area (Å²) in [4.78, 5) is 23.9. The van der Waals surface area contributed by atoms with Gasteiger partial charge in [-0.15, -0.1) is 0 Å². The molecule has 0 aromatic heterocycles. The zero-order valence-corrected chi connectivity index (χ0v) is 13.2. The van der Waals surface area contributed by atoms with Gasteiger partial charge in [-0.1, -0.05) is 30.3 Å². The monoisotopic (exact) mass is 321 g/mol. The number of carbonyl (C=O) groups is 2. The molecular weight excluding hydrogens is 298 g/mol. The molecule has 2 N–H and O–H groups in total. The Bertz CT molecular complexity index is 519. The van der Waals surface area contributed by atoms with Gasteiger partial charge in [-0.05, 0) is 31.7 Å². The third kappa shape index (κ3) is 5.25. The molecule has 1 fully saturated rings. The number of benzene rings is 1. The number of aliphatic hydroxyl groups is 1. The average Bonchev–Trinajstić information content (AvgIpc) is 2.56. The van der Waals surface area contributed by atoms with Crippen molar-refractivity contribution in [1.29, 1.82) is 0 Å². The normalized spacial score (nSPS) is 23.8. The fourth-order valence-electron chi connectivity index (χ4n) is 2.75. The van der Waals surface area contributed by atoms with Gasteiger partial charge in [-0.2, -0.15) is 0 Å². The molecule has 1 aromatic carbocycles. The SMILES string of the molecule is CCOC(=O)[C@@H]1C[C@@H](O)CC[C@H]1NC(=O)OCc1ccccc1. The Morgan fingerprint density at radius 3 is 2.65 bits per heavy atom. The van der Waals surface area contributed by atoms with Gasteiger partial charge in [0.2, 0.25) is 0 Å². The Balaban J connectivity index is 1.88. The number of aliphatic hydroxyl groups excluding tert-OH is 1. The summed E-state index contributed by atoms with van der Waals surface area (Å²) in [6, 6.07) is 8.99. The summed E-state index contributed by atoms with van der Waals surface area (Å²) in [5.41, 5.74) is 0.892. The minimum atomic E-state index is -0.565. The van der Waals surface area contributed by atoms with Crippen LogP contribution in [0.25, 0.3) is 0 Å². The molecule has 1 aliphatic carbocycles. The molecule has 1 saturated carbocycles. The van der Waals surface area contributed by atoms with Gasteiger partial charge in [0, 0.05) is 6.04 Å². The zero-order valence-electron chi connectivity index (χ0n) is 13.2. The highest BCUT2D eigenvalue weighted by atomic mass is 16.5. The van der Waals surface area contributed by atoms with Crippen molar-refractivity contribution >= 4 is 12.1 Å². The number of carbonyl (C=O) groups excluding carboxylic acids is 2. The Labute approximate surface area is 135 Å². The maximum atomic E-state index is 12.0. The van der Waals surface area contributed by atoms with E-state index in [-0.39, 0.29) is 25.2 Å². The molecule has 0 radical (unpaired) electrons. The van der Waals surface area contributed by atoms with Crippen LogP contribution in [-0.2, 0) is 20.9 Å². The molecule has 6 heteroatoms. The van der Waals surface area contributed by atoms with E-state index in [4.69, 9.17) is 9.47 Å². The second-order valence-electron chi connectivity index (χ2n) is 5.64. The molecule has 0 aliphatic heterocycles. The Hall–Kier alpha value is -2.08. The number of ether oxygens (including phenoxy) is 2. The lowest BCUT2D eigenvalue weighted by Crippen LogP contribution is -2.48. The van der Waals surface area contributed by atoms with Crippen LogP contribution in [0.1, 0.15) is 31.7 Å². The molecule has 0 spiro atoms. The van der Waals surface area contributed by atoms with Crippen LogP contribution in [0.2, 0.25) is 0 Å². The van der Waals surface area contributed by atoms with E-state index in [0.717, 1.165) is 5.56 Å². The minimum Gasteiger partial charge on any atom is -0.466 e. The van der Waals surface area contributed by atoms with Crippen molar-refractivity contribution in [3.05, 3.63) is 35.9 Å². The lowest BCUT2D eigenvalue weighted by molar-refractivity contribution is -0.151. The number of hydrogen-bond acceptors (Lipinski definition) is 5. The van der Waals surface area contributed by atoms with Gasteiger partial charge in [0.05, 0.1) is 18.6 Å². The predicted molar refractivity (Wildman–Crippen MR) is 83.5 cm³/mol. The Morgan fingerprint density at radius 1 is 1.22 bits per heavy atom. The molecule has 0 heterocycles. The summed E-state index contributed by atoms with van der Waals surface area (Å²) in [6.07, 6.45) is 0.250. The van der Waals surface area contributed by atoms with E-state index in [2.05, 4.69) is 5.32 Å². The van der Waals surface area contributed by atoms with Crippen molar-refractivity contribution in [2.75, 3.05) is 6.61 Å². The number of hydrogen-bond donors (Lipinski definition) is 2. The quantitative estimate of drug-likeness (QED) is 0.810. The van der Waals surface area contributed by atoms with Gasteiger partial charge in [0.15, 0.2) is 0 Å². The molecule has 126 valence electrons. The second-order valence-corrected chi connectivity index (χ2v) is 5.64. The maximum Gasteiger partial charge on any atom is 0.407 e. The topological polar surface area (TPSA) is 84.9 Å². The number of esters is 1. The van der Waals surface area contributed by atoms with Gasteiger partial charge in [-0.3, -0.25) is 4.79 Å². The average molecular weight is 321 g/mol. The van der Waals surface area contributed by atoms with Crippen molar-refractivity contribution in [3.8, 4) is 0 Å². The van der Waals surface area contributed by atoms with Gasteiger partial charge < -0.3 is 19.9 Å². The molecule has 6 nitrogen and oxygen atoms in total. The van der Waals surface area contributed by atoms with E-state index in [1.807, 2.05) is 30.3 Å². The van der Waals surface area contributed by atoms with Crippen LogP contribution in [0.5, 0.6) is 0 Å². The van der Waals surface area contributed by atoms with E-state index >= 15 is 0 Å². The lowest BCUT2D eigenvalue weighted by atomic mass is 9.83. The van der Waals surface area contributed by atoms with Gasteiger partial charge in [0.1, 0.15) is 6.61 Å². The molecule has 1 aliphatic rings. The van der Waals surface area contributed by atoms with E-state index < -0.39 is 18.1 Å². The van der Waals surface area contributed by atoms with Crippen molar-refractivity contribution < 1.29 is 24.2 Å². The minimum absolute atomic E-state index is 0.173. The summed E-state index contributed by atoms with van der Waals surface area (Å²) in [6.45, 7) is 2.18. The highest BCUT2D eigenvalue weighted by molar-refractivity contribution is 5.75. The number of nitrogens with one attached hydrogen (secondary N) is 1. The smallest absolute Gasteiger partial charge is 0.407 e. The van der Waals surface area contributed by atoms with Crippen LogP contribution in [0.3, 0.4) is 0 Å². The van der Waals surface area contributed by atoms with Crippen LogP contribution in [0.4, 0.5) is 4.79 Å². The van der Waals surface area contributed by atoms with Crippen LogP contribution in [0, 0.1) is 5.92 Å². The summed E-state index contributed by atoms with van der Waals surface area (Å²) < 4.78 is 10.2. The molecule has 3 atom stereocenters. The molecule has 1 amide bonds. The molecule has 1 aromatic rings. The van der Waals surface area contributed by atoms with E-state index in [0.29, 0.717) is 19.3 Å². The molecule has 0 unspecified atom stereocenters. The molecular formula is C17H23NO5. The molecule has 23 heavy (non-hydrogen) atoms. The largest absolute Gasteiger partial charge is 0.466 e. The second kappa shape index (κ2) is 8.53. The Kier molecular flexibility index (Phi) is 6.40. The highest BCUT2D eigenvalue weighted by Gasteiger charge is 2.36. The first-order chi connectivity index (χ1) is 11.1. The van der Waals surface area contributed by atoms with Crippen molar-refractivity contribution in [2.24, 2.45) is 5.92 Å². The summed E-state index contributed by atoms with van der Waals surface area (Å²) in [5.74, 6) is -0.928. The summed E-state index contributed by atoms with van der Waals surface area (Å²) in [5, 5.41) is 12.5. The van der Waals surface area contributed by atoms with E-state index in [1.165, 1.54) is 0 Å². The predicted octanol–water partition coefficient (Wildman–Crippen LogP) is 2.01. The first kappa shape index (κ1) is 17.3. The first-order valence-electron chi connectivity index (χ1n) is 7.92. The highest BCUT2D eigenvalue weighted by Crippen LogP contribution is 2.26. The number of amides is 1. The first-order valence-corrected chi connectivity index (χ1v) is 7.92. The molecule has 2 rings (SSSR count). The lowest BCUT2D eigenvalue weighted by Gasteiger charge is -2.32. The number of rotatable bonds is 5. The maximum absolute atomic E-state index is 12.0. The summed E-state index contributed by atoms with van der Waals surface area (Å²) >= 11 is 0. The van der Waals surface area contributed by atoms with Gasteiger partial charge >= 0.3 is 12.1 Å². The van der Waals surface area contributed by atoms with Gasteiger partial charge in [-0.25, -0.2) is 4.79 Å². The number of alkyl carbamates (subject to hydrolysis) is 1. The van der Waals surface area contributed by atoms with Crippen LogP contribution in [-0.4, -0.2) is 35.9 Å². The fraction of sp³-hybridized carbons (Fsp3) is 0.529. The summed E-state index contributed by atoms with van der Waals surface area (Å²) in [7, 11) is 0. The standard InChI is InChI=1S/C17H23NO5/c1-2-22-16(20)14-10-13(19)8-9-15(14)18-17(21)23-11-12-6-4-3-5-7-12/h3-7,13-15,19H,2,8-11H2,1H3,(H,18,21)/t13-,14+,15+/m0/s1. The zero-order chi connectivity index (χ0) is 16.7. The van der Waals surface area contributed by atoms with Crippen molar-refractivity contribution in [1.82, 2.24) is 5.32 Å². The third-order valence-corrected chi connectivity index (χ3v) is 3.93. The van der Waals surface area contributed by atoms with Gasteiger partial charge in [0.25, 0.3) is 0 Å². The fourth-order valence-corrected chi connectivity index (χ4v) is 2.75. The molecule has 0 bridgehead atoms. The van der Waals surface area contributed by atoms with Crippen LogP contribution in [0.15, 0.2) is 30.3 Å². The molecule has 0 saturated heterocycles.